The second kappa shape index (κ2) is 4.63. The Kier molecular flexibility index (Phi) is 3.45. The summed E-state index contributed by atoms with van der Waals surface area (Å²) in [5.74, 6) is 0.937. The topological polar surface area (TPSA) is 15.3 Å². The standard InChI is InChI=1S/C12H24N2/c1-3-10(2)14-8-6-12-11(9-14)5-4-7-13-12/h10-13H,3-9H2,1-2H3. The van der Waals surface area contributed by atoms with Gasteiger partial charge in [-0.25, -0.2) is 0 Å². The predicted octanol–water partition coefficient (Wildman–Crippen LogP) is 1.86. The molecule has 3 atom stereocenters. The molecule has 0 saturated carbocycles. The van der Waals surface area contributed by atoms with Gasteiger partial charge >= 0.3 is 0 Å². The lowest BCUT2D eigenvalue weighted by atomic mass is 9.85. The van der Waals surface area contributed by atoms with Gasteiger partial charge in [0.2, 0.25) is 0 Å². The van der Waals surface area contributed by atoms with E-state index in [1.807, 2.05) is 0 Å². The normalized spacial score (nSPS) is 36.4. The summed E-state index contributed by atoms with van der Waals surface area (Å²) < 4.78 is 0. The summed E-state index contributed by atoms with van der Waals surface area (Å²) in [5.41, 5.74) is 0. The molecule has 14 heavy (non-hydrogen) atoms. The van der Waals surface area contributed by atoms with Gasteiger partial charge in [0, 0.05) is 18.6 Å². The van der Waals surface area contributed by atoms with E-state index in [2.05, 4.69) is 24.1 Å². The summed E-state index contributed by atoms with van der Waals surface area (Å²) in [6.45, 7) is 8.58. The van der Waals surface area contributed by atoms with Crippen LogP contribution in [0.1, 0.15) is 39.5 Å². The van der Waals surface area contributed by atoms with Crippen LogP contribution in [0, 0.1) is 5.92 Å². The molecule has 0 aromatic carbocycles. The van der Waals surface area contributed by atoms with E-state index in [9.17, 15) is 0 Å². The van der Waals surface area contributed by atoms with Gasteiger partial charge in [0.15, 0.2) is 0 Å². The van der Waals surface area contributed by atoms with E-state index >= 15 is 0 Å². The van der Waals surface area contributed by atoms with Crippen molar-refractivity contribution in [1.82, 2.24) is 10.2 Å². The van der Waals surface area contributed by atoms with Crippen LogP contribution in [0.4, 0.5) is 0 Å². The molecule has 0 aromatic rings. The van der Waals surface area contributed by atoms with Crippen LogP contribution in [0.15, 0.2) is 0 Å². The lowest BCUT2D eigenvalue weighted by Gasteiger charge is -2.43. The van der Waals surface area contributed by atoms with E-state index in [1.165, 1.54) is 45.3 Å². The fraction of sp³-hybridized carbons (Fsp3) is 1.00. The van der Waals surface area contributed by atoms with Crippen molar-refractivity contribution in [3.63, 3.8) is 0 Å². The Balaban J connectivity index is 1.89. The number of rotatable bonds is 2. The zero-order valence-corrected chi connectivity index (χ0v) is 9.63. The van der Waals surface area contributed by atoms with Gasteiger partial charge in [0.1, 0.15) is 0 Å². The van der Waals surface area contributed by atoms with Crippen LogP contribution in [-0.2, 0) is 0 Å². The molecular weight excluding hydrogens is 172 g/mol. The van der Waals surface area contributed by atoms with Crippen LogP contribution < -0.4 is 5.32 Å². The predicted molar refractivity (Wildman–Crippen MR) is 60.5 cm³/mol. The van der Waals surface area contributed by atoms with E-state index in [0.717, 1.165) is 18.0 Å². The molecular formula is C12H24N2. The second-order valence-electron chi connectivity index (χ2n) is 5.00. The number of fused-ring (bicyclic) bond motifs is 1. The zero-order chi connectivity index (χ0) is 9.97. The number of hydrogen-bond donors (Lipinski definition) is 1. The maximum absolute atomic E-state index is 3.67. The zero-order valence-electron chi connectivity index (χ0n) is 9.63. The molecule has 2 fully saturated rings. The molecule has 0 aromatic heterocycles. The fourth-order valence-corrected chi connectivity index (χ4v) is 2.93. The summed E-state index contributed by atoms with van der Waals surface area (Å²) >= 11 is 0. The third-order valence-corrected chi connectivity index (χ3v) is 4.14. The number of hydrogen-bond acceptors (Lipinski definition) is 2. The van der Waals surface area contributed by atoms with E-state index in [-0.39, 0.29) is 0 Å². The Labute approximate surface area is 88.1 Å². The third-order valence-electron chi connectivity index (χ3n) is 4.14. The molecule has 0 bridgehead atoms. The van der Waals surface area contributed by atoms with Gasteiger partial charge < -0.3 is 10.2 Å². The van der Waals surface area contributed by atoms with Gasteiger partial charge in [-0.1, -0.05) is 6.92 Å². The lowest BCUT2D eigenvalue weighted by molar-refractivity contribution is 0.0836. The SMILES string of the molecule is CCC(C)N1CCC2NCCCC2C1. The van der Waals surface area contributed by atoms with Gasteiger partial charge in [0.25, 0.3) is 0 Å². The largest absolute Gasteiger partial charge is 0.314 e. The summed E-state index contributed by atoms with van der Waals surface area (Å²) in [5, 5.41) is 3.67. The van der Waals surface area contributed by atoms with Crippen LogP contribution in [0.3, 0.4) is 0 Å². The molecule has 2 nitrogen and oxygen atoms in total. The van der Waals surface area contributed by atoms with Crippen molar-refractivity contribution in [2.75, 3.05) is 19.6 Å². The summed E-state index contributed by atoms with van der Waals surface area (Å²) in [4.78, 5) is 2.69. The van der Waals surface area contributed by atoms with Gasteiger partial charge in [-0.15, -0.1) is 0 Å². The molecule has 0 aliphatic carbocycles. The van der Waals surface area contributed by atoms with Crippen molar-refractivity contribution >= 4 is 0 Å². The van der Waals surface area contributed by atoms with Gasteiger partial charge in [-0.3, -0.25) is 0 Å². The van der Waals surface area contributed by atoms with Crippen molar-refractivity contribution in [3.8, 4) is 0 Å². The Morgan fingerprint density at radius 3 is 3.07 bits per heavy atom. The minimum Gasteiger partial charge on any atom is -0.314 e. The van der Waals surface area contributed by atoms with Crippen LogP contribution in [0.5, 0.6) is 0 Å². The molecule has 0 spiro atoms. The van der Waals surface area contributed by atoms with E-state index in [1.54, 1.807) is 0 Å². The van der Waals surface area contributed by atoms with Crippen molar-refractivity contribution < 1.29 is 0 Å². The van der Waals surface area contributed by atoms with Gasteiger partial charge in [-0.05, 0) is 51.6 Å². The maximum atomic E-state index is 3.67. The minimum atomic E-state index is 0.790. The first-order valence-electron chi connectivity index (χ1n) is 6.28. The van der Waals surface area contributed by atoms with Crippen LogP contribution in [-0.4, -0.2) is 36.6 Å². The van der Waals surface area contributed by atoms with E-state index < -0.39 is 0 Å². The van der Waals surface area contributed by atoms with Gasteiger partial charge in [-0.2, -0.15) is 0 Å². The molecule has 2 aliphatic heterocycles. The molecule has 0 radical (unpaired) electrons. The Morgan fingerprint density at radius 1 is 1.43 bits per heavy atom. The summed E-state index contributed by atoms with van der Waals surface area (Å²) in [7, 11) is 0. The van der Waals surface area contributed by atoms with Crippen LogP contribution >= 0.6 is 0 Å². The Bertz CT molecular complexity index is 181. The highest BCUT2D eigenvalue weighted by atomic mass is 15.2. The minimum absolute atomic E-state index is 0.790. The number of piperidine rings is 2. The highest BCUT2D eigenvalue weighted by Crippen LogP contribution is 2.26. The van der Waals surface area contributed by atoms with E-state index in [4.69, 9.17) is 0 Å². The Morgan fingerprint density at radius 2 is 2.29 bits per heavy atom. The molecule has 82 valence electrons. The average molecular weight is 196 g/mol. The van der Waals surface area contributed by atoms with E-state index in [0.29, 0.717) is 0 Å². The monoisotopic (exact) mass is 196 g/mol. The molecule has 2 heteroatoms. The van der Waals surface area contributed by atoms with Crippen LogP contribution in [0.25, 0.3) is 0 Å². The van der Waals surface area contributed by atoms with Crippen LogP contribution in [0.2, 0.25) is 0 Å². The van der Waals surface area contributed by atoms with Crippen molar-refractivity contribution in [1.29, 1.82) is 0 Å². The van der Waals surface area contributed by atoms with Crippen molar-refractivity contribution in [2.45, 2.75) is 51.6 Å². The smallest absolute Gasteiger partial charge is 0.0120 e. The van der Waals surface area contributed by atoms with Gasteiger partial charge in [0.05, 0.1) is 0 Å². The quantitative estimate of drug-likeness (QED) is 0.725. The first-order valence-corrected chi connectivity index (χ1v) is 6.28. The summed E-state index contributed by atoms with van der Waals surface area (Å²) in [6.07, 6.45) is 5.50. The highest BCUT2D eigenvalue weighted by molar-refractivity contribution is 4.89. The van der Waals surface area contributed by atoms with Crippen molar-refractivity contribution in [2.24, 2.45) is 5.92 Å². The second-order valence-corrected chi connectivity index (χ2v) is 5.00. The third kappa shape index (κ3) is 2.12. The average Bonchev–Trinajstić information content (AvgIpc) is 2.27. The number of likely N-dealkylation sites (tertiary alicyclic amines) is 1. The van der Waals surface area contributed by atoms with Crippen molar-refractivity contribution in [3.05, 3.63) is 0 Å². The molecule has 3 unspecified atom stereocenters. The number of nitrogens with zero attached hydrogens (tertiary/aromatic N) is 1. The fourth-order valence-electron chi connectivity index (χ4n) is 2.93. The first kappa shape index (κ1) is 10.4. The highest BCUT2D eigenvalue weighted by Gasteiger charge is 2.31. The summed E-state index contributed by atoms with van der Waals surface area (Å²) in [6, 6.07) is 1.63. The molecule has 1 N–H and O–H groups in total. The molecule has 2 rings (SSSR count). The first-order chi connectivity index (χ1) is 6.81. The molecule has 2 aliphatic rings. The molecule has 0 amide bonds. The maximum Gasteiger partial charge on any atom is 0.0120 e. The molecule has 2 heterocycles. The number of nitrogens with one attached hydrogen (secondary N) is 1. The lowest BCUT2D eigenvalue weighted by Crippen LogP contribution is -2.53. The Hall–Kier alpha value is -0.0800. The molecule has 2 saturated heterocycles.